The Kier molecular flexibility index (Phi) is 4.88. The number of benzene rings is 2. The largest absolute Gasteiger partial charge is 0.492 e. The lowest BCUT2D eigenvalue weighted by Gasteiger charge is -2.10. The molecule has 0 unspecified atom stereocenters. The van der Waals surface area contributed by atoms with Gasteiger partial charge in [-0.25, -0.2) is 0 Å². The van der Waals surface area contributed by atoms with Crippen LogP contribution in [0.25, 0.3) is 0 Å². The summed E-state index contributed by atoms with van der Waals surface area (Å²) < 4.78 is 11.8. The fourth-order valence-electron chi connectivity index (χ4n) is 2.60. The number of hydrogen-bond donors (Lipinski definition) is 0. The third kappa shape index (κ3) is 3.68. The van der Waals surface area contributed by atoms with Gasteiger partial charge >= 0.3 is 0 Å². The monoisotopic (exact) mass is 306 g/mol. The maximum absolute atomic E-state index is 5.88. The van der Waals surface area contributed by atoms with Crippen molar-refractivity contribution in [1.82, 2.24) is 0 Å². The molecule has 1 heterocycles. The van der Waals surface area contributed by atoms with Crippen LogP contribution in [0.15, 0.2) is 36.4 Å². The Morgan fingerprint density at radius 1 is 0.783 bits per heavy atom. The SMILES string of the molecule is CCc1ccc2c(c1)C#Cc1cc(CC)ccc1OCCCO2. The van der Waals surface area contributed by atoms with Gasteiger partial charge in [0.15, 0.2) is 0 Å². The van der Waals surface area contributed by atoms with Gasteiger partial charge in [0, 0.05) is 6.42 Å². The van der Waals surface area contributed by atoms with Crippen molar-refractivity contribution in [2.24, 2.45) is 0 Å². The fraction of sp³-hybridized carbons (Fsp3) is 0.333. The van der Waals surface area contributed by atoms with Crippen molar-refractivity contribution >= 4 is 0 Å². The Morgan fingerprint density at radius 2 is 1.26 bits per heavy atom. The molecule has 0 saturated carbocycles. The van der Waals surface area contributed by atoms with Crippen molar-refractivity contribution in [2.45, 2.75) is 33.1 Å². The minimum atomic E-state index is 0.641. The van der Waals surface area contributed by atoms with Crippen molar-refractivity contribution in [2.75, 3.05) is 13.2 Å². The van der Waals surface area contributed by atoms with Crippen LogP contribution in [-0.2, 0) is 12.8 Å². The van der Waals surface area contributed by atoms with Gasteiger partial charge in [0.1, 0.15) is 11.5 Å². The van der Waals surface area contributed by atoms with Crippen LogP contribution in [0.4, 0.5) is 0 Å². The Morgan fingerprint density at radius 3 is 1.70 bits per heavy atom. The summed E-state index contributed by atoms with van der Waals surface area (Å²) in [5, 5.41) is 0. The van der Waals surface area contributed by atoms with E-state index in [-0.39, 0.29) is 0 Å². The second-order valence-electron chi connectivity index (χ2n) is 5.67. The zero-order valence-corrected chi connectivity index (χ0v) is 13.8. The van der Waals surface area contributed by atoms with Gasteiger partial charge < -0.3 is 9.47 Å². The van der Waals surface area contributed by atoms with Crippen LogP contribution in [0.2, 0.25) is 0 Å². The molecule has 1 aliphatic rings. The third-order valence-corrected chi connectivity index (χ3v) is 4.04. The number of ether oxygens (including phenoxy) is 2. The second-order valence-corrected chi connectivity index (χ2v) is 5.67. The van der Waals surface area contributed by atoms with Gasteiger partial charge in [-0.05, 0) is 48.2 Å². The van der Waals surface area contributed by atoms with E-state index in [1.54, 1.807) is 0 Å². The van der Waals surface area contributed by atoms with Crippen molar-refractivity contribution in [3.05, 3.63) is 58.7 Å². The van der Waals surface area contributed by atoms with Crippen molar-refractivity contribution in [3.63, 3.8) is 0 Å². The van der Waals surface area contributed by atoms with E-state index in [9.17, 15) is 0 Å². The fourth-order valence-corrected chi connectivity index (χ4v) is 2.60. The third-order valence-electron chi connectivity index (χ3n) is 4.04. The smallest absolute Gasteiger partial charge is 0.134 e. The first-order valence-electron chi connectivity index (χ1n) is 8.33. The lowest BCUT2D eigenvalue weighted by Crippen LogP contribution is -2.06. The van der Waals surface area contributed by atoms with E-state index in [2.05, 4.69) is 50.0 Å². The molecule has 1 aliphatic heterocycles. The minimum Gasteiger partial charge on any atom is -0.492 e. The molecule has 0 bridgehead atoms. The molecule has 0 saturated heterocycles. The molecule has 2 nitrogen and oxygen atoms in total. The molecule has 0 amide bonds. The molecule has 0 N–H and O–H groups in total. The van der Waals surface area contributed by atoms with Gasteiger partial charge in [0.25, 0.3) is 0 Å². The molecule has 2 aromatic carbocycles. The van der Waals surface area contributed by atoms with Crippen LogP contribution in [0.1, 0.15) is 42.5 Å². The average molecular weight is 306 g/mol. The lowest BCUT2D eigenvalue weighted by molar-refractivity contribution is 0.247. The summed E-state index contributed by atoms with van der Waals surface area (Å²) in [5.74, 6) is 8.31. The molecule has 3 rings (SSSR count). The maximum atomic E-state index is 5.88. The van der Waals surface area contributed by atoms with Crippen LogP contribution in [0.5, 0.6) is 11.5 Å². The first-order chi connectivity index (χ1) is 11.3. The first kappa shape index (κ1) is 15.5. The van der Waals surface area contributed by atoms with Gasteiger partial charge in [-0.1, -0.05) is 37.8 Å². The topological polar surface area (TPSA) is 18.5 Å². The van der Waals surface area contributed by atoms with E-state index in [1.807, 2.05) is 12.1 Å². The van der Waals surface area contributed by atoms with Gasteiger partial charge in [-0.2, -0.15) is 0 Å². The molecule has 0 aliphatic carbocycles. The van der Waals surface area contributed by atoms with Crippen molar-refractivity contribution in [3.8, 4) is 23.3 Å². The Hall–Kier alpha value is -2.40. The number of fused-ring (bicyclic) bond motifs is 2. The normalized spacial score (nSPS) is 13.3. The minimum absolute atomic E-state index is 0.641. The van der Waals surface area contributed by atoms with Gasteiger partial charge in [-0.3, -0.25) is 0 Å². The van der Waals surface area contributed by atoms with Crippen LogP contribution >= 0.6 is 0 Å². The summed E-state index contributed by atoms with van der Waals surface area (Å²) >= 11 is 0. The van der Waals surface area contributed by atoms with Crippen LogP contribution in [0.3, 0.4) is 0 Å². The van der Waals surface area contributed by atoms with Crippen LogP contribution < -0.4 is 9.47 Å². The zero-order valence-electron chi connectivity index (χ0n) is 13.8. The lowest BCUT2D eigenvalue weighted by atomic mass is 10.1. The quantitative estimate of drug-likeness (QED) is 0.767. The van der Waals surface area contributed by atoms with Crippen molar-refractivity contribution < 1.29 is 9.47 Å². The highest BCUT2D eigenvalue weighted by Crippen LogP contribution is 2.24. The standard InChI is InChI=1S/C21H22O2/c1-3-16-6-10-20-18(14-16)8-9-19-15-17(4-2)7-11-21(19)23-13-5-12-22-20/h6-7,10-11,14-15H,3-5,12-13H2,1-2H3. The number of aryl methyl sites for hydroxylation is 2. The van der Waals surface area contributed by atoms with Gasteiger partial charge in [-0.15, -0.1) is 0 Å². The molecule has 0 atom stereocenters. The second kappa shape index (κ2) is 7.24. The maximum Gasteiger partial charge on any atom is 0.134 e. The number of rotatable bonds is 2. The summed E-state index contributed by atoms with van der Waals surface area (Å²) in [6.07, 6.45) is 2.84. The molecule has 0 fully saturated rings. The van der Waals surface area contributed by atoms with E-state index in [1.165, 1.54) is 11.1 Å². The highest BCUT2D eigenvalue weighted by atomic mass is 16.5. The Labute approximate surface area is 138 Å². The Balaban J connectivity index is 2.07. The van der Waals surface area contributed by atoms with E-state index in [0.29, 0.717) is 13.2 Å². The molecule has 2 aromatic rings. The average Bonchev–Trinajstić information content (AvgIpc) is 2.63. The van der Waals surface area contributed by atoms with E-state index in [0.717, 1.165) is 41.9 Å². The molecule has 118 valence electrons. The molecular formula is C21H22O2. The molecule has 2 heteroatoms. The van der Waals surface area contributed by atoms with E-state index >= 15 is 0 Å². The molecule has 0 spiro atoms. The van der Waals surface area contributed by atoms with E-state index in [4.69, 9.17) is 9.47 Å². The highest BCUT2D eigenvalue weighted by Gasteiger charge is 2.07. The molecule has 0 radical (unpaired) electrons. The van der Waals surface area contributed by atoms with Crippen LogP contribution in [0, 0.1) is 11.8 Å². The van der Waals surface area contributed by atoms with Crippen LogP contribution in [-0.4, -0.2) is 13.2 Å². The summed E-state index contributed by atoms with van der Waals surface area (Å²) in [7, 11) is 0. The summed E-state index contributed by atoms with van der Waals surface area (Å²) in [4.78, 5) is 0. The predicted octanol–water partition coefficient (Wildman–Crippen LogP) is 4.37. The summed E-state index contributed by atoms with van der Waals surface area (Å²) in [6.45, 7) is 5.58. The zero-order chi connectivity index (χ0) is 16.1. The molecular weight excluding hydrogens is 284 g/mol. The Bertz CT molecular complexity index is 689. The molecule has 0 aromatic heterocycles. The predicted molar refractivity (Wildman–Crippen MR) is 93.2 cm³/mol. The van der Waals surface area contributed by atoms with E-state index < -0.39 is 0 Å². The van der Waals surface area contributed by atoms with Gasteiger partial charge in [0.2, 0.25) is 0 Å². The highest BCUT2D eigenvalue weighted by molar-refractivity contribution is 5.55. The first-order valence-corrected chi connectivity index (χ1v) is 8.33. The number of hydrogen-bond acceptors (Lipinski definition) is 2. The van der Waals surface area contributed by atoms with Gasteiger partial charge in [0.05, 0.1) is 24.3 Å². The molecule has 23 heavy (non-hydrogen) atoms. The summed E-state index contributed by atoms with van der Waals surface area (Å²) in [6, 6.07) is 12.5. The summed E-state index contributed by atoms with van der Waals surface area (Å²) in [5.41, 5.74) is 4.46. The van der Waals surface area contributed by atoms with Crippen molar-refractivity contribution in [1.29, 1.82) is 0 Å².